The molecular weight excluding hydrogens is 586 g/mol. The number of likely N-dealkylation sites (N-methyl/N-ethyl adjacent to an activating group) is 1. The molecule has 0 aliphatic heterocycles. The van der Waals surface area contributed by atoms with Crippen LogP contribution >= 0.6 is 0 Å². The Morgan fingerprint density at radius 1 is 1.11 bits per heavy atom. The number of ketones is 2. The van der Waals surface area contributed by atoms with Crippen LogP contribution in [0.5, 0.6) is 5.75 Å². The fraction of sp³-hybridized carbons (Fsp3) is 0.344. The zero-order valence-corrected chi connectivity index (χ0v) is 24.8. The lowest BCUT2D eigenvalue weighted by molar-refractivity contribution is -0.148. The number of carbonyl (C=O) groups is 5. The maximum atomic E-state index is 14.0. The molecule has 0 bridgehead atoms. The first-order valence-electron chi connectivity index (χ1n) is 14.3. The molecule has 2 aromatic rings. The van der Waals surface area contributed by atoms with E-state index in [-0.39, 0.29) is 42.7 Å². The lowest BCUT2D eigenvalue weighted by atomic mass is 9.58. The Hall–Kier alpha value is -5.01. The van der Waals surface area contributed by atoms with E-state index in [2.05, 4.69) is 5.32 Å². The molecule has 0 radical (unpaired) electrons. The van der Waals surface area contributed by atoms with Gasteiger partial charge < -0.3 is 36.2 Å². The summed E-state index contributed by atoms with van der Waals surface area (Å²) in [6.07, 6.45) is 0.0225. The number of aliphatic hydroxyl groups is 3. The number of aromatic hydroxyl groups is 1. The number of nitrogens with one attached hydrogen (secondary N) is 1. The van der Waals surface area contributed by atoms with Gasteiger partial charge in [-0.25, -0.2) is 0 Å². The average Bonchev–Trinajstić information content (AvgIpc) is 2.97. The van der Waals surface area contributed by atoms with E-state index in [9.17, 15) is 44.4 Å². The maximum Gasteiger partial charge on any atom is 0.325 e. The minimum absolute atomic E-state index is 0.0584. The van der Waals surface area contributed by atoms with E-state index in [1.165, 1.54) is 11.0 Å². The Bertz CT molecular complexity index is 1730. The first-order chi connectivity index (χ1) is 21.2. The number of hydrogen-bond acceptors (Lipinski definition) is 11. The number of amides is 2. The summed E-state index contributed by atoms with van der Waals surface area (Å²) in [5.41, 5.74) is 3.02. The molecule has 13 heteroatoms. The summed E-state index contributed by atoms with van der Waals surface area (Å²) in [6.45, 7) is 1.49. The number of ether oxygens (including phenoxy) is 1. The number of hydrogen-bond donors (Lipinski definition) is 6. The van der Waals surface area contributed by atoms with Crippen molar-refractivity contribution in [2.75, 3.05) is 27.2 Å². The van der Waals surface area contributed by atoms with E-state index in [0.29, 0.717) is 16.7 Å². The number of Topliss-reactive ketones (excluding diaryl/α,β-unsaturated/α-hetero) is 2. The van der Waals surface area contributed by atoms with E-state index in [4.69, 9.17) is 10.5 Å². The van der Waals surface area contributed by atoms with Gasteiger partial charge in [0.05, 0.1) is 18.2 Å². The molecular formula is C32H33N3O10. The molecule has 3 aliphatic carbocycles. The summed E-state index contributed by atoms with van der Waals surface area (Å²) >= 11 is 0. The van der Waals surface area contributed by atoms with Gasteiger partial charge in [0, 0.05) is 17.1 Å². The molecule has 2 amide bonds. The van der Waals surface area contributed by atoms with Crippen LogP contribution in [0.3, 0.4) is 0 Å². The second-order valence-electron chi connectivity index (χ2n) is 11.5. The van der Waals surface area contributed by atoms with E-state index in [1.807, 2.05) is 0 Å². The summed E-state index contributed by atoms with van der Waals surface area (Å²) in [4.78, 5) is 65.5. The molecule has 3 aliphatic rings. The van der Waals surface area contributed by atoms with Gasteiger partial charge in [0.2, 0.25) is 5.78 Å². The number of benzene rings is 2. The SMILES string of the molecule is CCOC(=O)CNC(=O)c1cccc(-c2ccc(O)c3c2C[C@H]2C[C@H]4[C@@H](N(C)C)C(O)=C(C(N)=O)C(=O)[C@@]4(O)C(O)=C2C3=O)c1. The first kappa shape index (κ1) is 31.4. The number of carbonyl (C=O) groups excluding carboxylic acids is 5. The quantitative estimate of drug-likeness (QED) is 0.190. The Morgan fingerprint density at radius 2 is 1.82 bits per heavy atom. The third-order valence-corrected chi connectivity index (χ3v) is 8.74. The predicted molar refractivity (Wildman–Crippen MR) is 158 cm³/mol. The van der Waals surface area contributed by atoms with Gasteiger partial charge >= 0.3 is 5.97 Å². The average molecular weight is 620 g/mol. The summed E-state index contributed by atoms with van der Waals surface area (Å²) in [7, 11) is 3.11. The van der Waals surface area contributed by atoms with Crippen molar-refractivity contribution in [3.8, 4) is 16.9 Å². The van der Waals surface area contributed by atoms with Gasteiger partial charge in [-0.15, -0.1) is 0 Å². The topological polar surface area (TPSA) is 217 Å². The van der Waals surface area contributed by atoms with Crippen LogP contribution in [0, 0.1) is 11.8 Å². The van der Waals surface area contributed by atoms with Crippen molar-refractivity contribution in [1.82, 2.24) is 10.2 Å². The lowest BCUT2D eigenvalue weighted by Crippen LogP contribution is -2.63. The molecule has 0 spiro atoms. The van der Waals surface area contributed by atoms with Crippen molar-refractivity contribution in [3.05, 3.63) is 75.8 Å². The Balaban J connectivity index is 1.59. The molecule has 0 aromatic heterocycles. The van der Waals surface area contributed by atoms with Crippen LogP contribution in [0.4, 0.5) is 0 Å². The second-order valence-corrected chi connectivity index (χ2v) is 11.5. The monoisotopic (exact) mass is 619 g/mol. The highest BCUT2D eigenvalue weighted by molar-refractivity contribution is 6.25. The number of allylic oxidation sites excluding steroid dienone is 1. The van der Waals surface area contributed by atoms with Gasteiger partial charge in [-0.2, -0.15) is 0 Å². The highest BCUT2D eigenvalue weighted by Gasteiger charge is 2.63. The minimum atomic E-state index is -2.73. The number of esters is 1. The molecule has 13 nitrogen and oxygen atoms in total. The molecule has 5 rings (SSSR count). The summed E-state index contributed by atoms with van der Waals surface area (Å²) < 4.78 is 4.84. The van der Waals surface area contributed by atoms with Crippen LogP contribution in [-0.4, -0.2) is 93.6 Å². The number of phenols is 1. The Labute approximate surface area is 257 Å². The number of primary amides is 1. The second kappa shape index (κ2) is 11.5. The fourth-order valence-electron chi connectivity index (χ4n) is 6.82. The van der Waals surface area contributed by atoms with Crippen molar-refractivity contribution < 1.29 is 49.1 Å². The van der Waals surface area contributed by atoms with Crippen molar-refractivity contribution in [1.29, 1.82) is 0 Å². The third kappa shape index (κ3) is 4.93. The molecule has 0 fully saturated rings. The highest BCUT2D eigenvalue weighted by atomic mass is 16.5. The molecule has 45 heavy (non-hydrogen) atoms. The fourth-order valence-corrected chi connectivity index (χ4v) is 6.82. The zero-order valence-electron chi connectivity index (χ0n) is 24.8. The highest BCUT2D eigenvalue weighted by Crippen LogP contribution is 2.53. The number of nitrogens with zero attached hydrogens (tertiary/aromatic N) is 1. The van der Waals surface area contributed by atoms with Crippen LogP contribution in [0.2, 0.25) is 0 Å². The van der Waals surface area contributed by atoms with Crippen LogP contribution < -0.4 is 11.1 Å². The zero-order chi connectivity index (χ0) is 33.0. The molecule has 7 N–H and O–H groups in total. The van der Waals surface area contributed by atoms with Crippen LogP contribution in [0.25, 0.3) is 11.1 Å². The minimum Gasteiger partial charge on any atom is -0.510 e. The summed E-state index contributed by atoms with van der Waals surface area (Å²) in [5, 5.41) is 47.5. The molecule has 4 atom stereocenters. The largest absolute Gasteiger partial charge is 0.510 e. The molecule has 2 aromatic carbocycles. The van der Waals surface area contributed by atoms with Crippen LogP contribution in [0.1, 0.15) is 39.6 Å². The molecule has 0 heterocycles. The third-order valence-electron chi connectivity index (χ3n) is 8.74. The van der Waals surface area contributed by atoms with Gasteiger partial charge in [0.1, 0.15) is 29.4 Å². The number of nitrogens with two attached hydrogens (primary N) is 1. The van der Waals surface area contributed by atoms with E-state index in [0.717, 1.165) is 0 Å². The van der Waals surface area contributed by atoms with E-state index >= 15 is 0 Å². The van der Waals surface area contributed by atoms with Gasteiger partial charge in [-0.05, 0) is 74.7 Å². The molecule has 0 saturated heterocycles. The lowest BCUT2D eigenvalue weighted by Gasteiger charge is -2.50. The van der Waals surface area contributed by atoms with Gasteiger partial charge in [-0.1, -0.05) is 18.2 Å². The Kier molecular flexibility index (Phi) is 8.02. The van der Waals surface area contributed by atoms with Gasteiger partial charge in [0.25, 0.3) is 11.8 Å². The standard InChI is InChI=1S/C32H33N3O10/c1-4-45-21(37)13-34-31(43)15-7-5-6-14(10-15)17-8-9-20(36)23-18(17)11-16-12-19-25(35(2)3)27(39)24(30(33)42)29(41)32(19,44)28(40)22(16)26(23)38/h5-10,16,19,25,36,39-40,44H,4,11-13H2,1-3H3,(H2,33,42)(H,34,43)/t16-,19-,25+,32-/m0/s1. The predicted octanol–water partition coefficient (Wildman–Crippen LogP) is 1.08. The smallest absolute Gasteiger partial charge is 0.325 e. The van der Waals surface area contributed by atoms with E-state index < -0.39 is 75.7 Å². The first-order valence-corrected chi connectivity index (χ1v) is 14.3. The van der Waals surface area contributed by atoms with Crippen LogP contribution in [-0.2, 0) is 25.5 Å². The van der Waals surface area contributed by atoms with Gasteiger partial charge in [-0.3, -0.25) is 28.9 Å². The van der Waals surface area contributed by atoms with E-state index in [1.54, 1.807) is 51.4 Å². The van der Waals surface area contributed by atoms with Gasteiger partial charge in [0.15, 0.2) is 11.4 Å². The van der Waals surface area contributed by atoms with Crippen molar-refractivity contribution >= 4 is 29.4 Å². The molecule has 0 unspecified atom stereocenters. The summed E-state index contributed by atoms with van der Waals surface area (Å²) in [6, 6.07) is 8.21. The normalized spacial score (nSPS) is 24.2. The Morgan fingerprint density at radius 3 is 2.47 bits per heavy atom. The maximum absolute atomic E-state index is 14.0. The van der Waals surface area contributed by atoms with Crippen molar-refractivity contribution in [2.24, 2.45) is 17.6 Å². The summed E-state index contributed by atoms with van der Waals surface area (Å²) in [5.74, 6) is -8.46. The molecule has 0 saturated carbocycles. The number of phenolic OH excluding ortho intramolecular Hbond substituents is 1. The van der Waals surface area contributed by atoms with Crippen molar-refractivity contribution in [2.45, 2.75) is 31.4 Å². The van der Waals surface area contributed by atoms with Crippen LogP contribution in [0.15, 0.2) is 59.1 Å². The number of aliphatic hydroxyl groups excluding tert-OH is 2. The number of fused-ring (bicyclic) bond motifs is 3. The van der Waals surface area contributed by atoms with Crippen molar-refractivity contribution in [3.63, 3.8) is 0 Å². The number of rotatable bonds is 7. The molecule has 236 valence electrons.